The highest BCUT2D eigenvalue weighted by atomic mass is 15.2. The highest BCUT2D eigenvalue weighted by molar-refractivity contribution is 5.29. The van der Waals surface area contributed by atoms with Gasteiger partial charge in [-0.3, -0.25) is 0 Å². The van der Waals surface area contributed by atoms with Crippen molar-refractivity contribution in [1.82, 2.24) is 9.55 Å². The zero-order valence-corrected chi connectivity index (χ0v) is 13.3. The summed E-state index contributed by atoms with van der Waals surface area (Å²) in [5, 5.41) is 3.55. The van der Waals surface area contributed by atoms with E-state index >= 15 is 0 Å². The van der Waals surface area contributed by atoms with Gasteiger partial charge in [0.25, 0.3) is 0 Å². The lowest BCUT2D eigenvalue weighted by atomic mass is 10.1. The minimum atomic E-state index is 0.684. The fraction of sp³-hybridized carbons (Fsp3) is 0.824. The van der Waals surface area contributed by atoms with Gasteiger partial charge in [0.05, 0.1) is 5.69 Å². The molecule has 0 bridgehead atoms. The van der Waals surface area contributed by atoms with Crippen molar-refractivity contribution < 1.29 is 0 Å². The van der Waals surface area contributed by atoms with Crippen LogP contribution in [0.15, 0.2) is 6.20 Å². The zero-order valence-electron chi connectivity index (χ0n) is 13.3. The minimum Gasteiger partial charge on any atom is -0.356 e. The first-order valence-corrected chi connectivity index (χ1v) is 8.60. The molecule has 1 aromatic heterocycles. The molecule has 0 atom stereocenters. The van der Waals surface area contributed by atoms with Crippen LogP contribution < -0.4 is 5.32 Å². The summed E-state index contributed by atoms with van der Waals surface area (Å²) < 4.78 is 2.39. The van der Waals surface area contributed by atoms with E-state index in [2.05, 4.69) is 34.9 Å². The molecule has 1 heterocycles. The van der Waals surface area contributed by atoms with Crippen molar-refractivity contribution in [2.45, 2.75) is 84.1 Å². The number of unbranched alkanes of at least 4 members (excludes halogenated alkanes) is 5. The number of nitrogens with one attached hydrogen (secondary N) is 1. The lowest BCUT2D eigenvalue weighted by molar-refractivity contribution is 0.521. The molecule has 0 radical (unpaired) electrons. The van der Waals surface area contributed by atoms with Gasteiger partial charge >= 0.3 is 0 Å². The monoisotopic (exact) mass is 277 g/mol. The molecule has 0 spiro atoms. The number of aromatic nitrogens is 2. The summed E-state index contributed by atoms with van der Waals surface area (Å²) >= 11 is 0. The number of hydrogen-bond acceptors (Lipinski definition) is 2. The van der Waals surface area contributed by atoms with Crippen molar-refractivity contribution in [3.05, 3.63) is 11.9 Å². The van der Waals surface area contributed by atoms with Crippen LogP contribution in [0.4, 0.5) is 5.95 Å². The van der Waals surface area contributed by atoms with E-state index in [1.54, 1.807) is 0 Å². The highest BCUT2D eigenvalue weighted by Gasteiger charge is 2.19. The summed E-state index contributed by atoms with van der Waals surface area (Å²) in [4.78, 5) is 4.65. The summed E-state index contributed by atoms with van der Waals surface area (Å²) in [6.45, 7) is 5.43. The van der Waals surface area contributed by atoms with Crippen LogP contribution in [0.1, 0.15) is 82.9 Å². The van der Waals surface area contributed by atoms with E-state index in [9.17, 15) is 0 Å². The maximum Gasteiger partial charge on any atom is 0.203 e. The predicted octanol–water partition coefficient (Wildman–Crippen LogP) is 5.08. The minimum absolute atomic E-state index is 0.684. The number of aryl methyl sites for hydroxylation is 1. The van der Waals surface area contributed by atoms with E-state index in [0.717, 1.165) is 18.2 Å². The summed E-state index contributed by atoms with van der Waals surface area (Å²) in [6, 6.07) is 0.684. The van der Waals surface area contributed by atoms with Gasteiger partial charge in [-0.05, 0) is 26.2 Å². The van der Waals surface area contributed by atoms with E-state index in [1.807, 2.05) is 0 Å². The second-order valence-corrected chi connectivity index (χ2v) is 6.25. The normalized spacial score (nSPS) is 15.9. The predicted molar refractivity (Wildman–Crippen MR) is 86.3 cm³/mol. The zero-order chi connectivity index (χ0) is 14.2. The third kappa shape index (κ3) is 4.53. The van der Waals surface area contributed by atoms with Gasteiger partial charge < -0.3 is 9.88 Å². The molecule has 1 fully saturated rings. The topological polar surface area (TPSA) is 29.9 Å². The average Bonchev–Trinajstić information content (AvgIpc) is 3.07. The standard InChI is InChI=1S/C17H31N3/c1-3-4-5-6-7-10-13-18-17-19-15(2)14-20(17)16-11-8-9-12-16/h14,16H,3-13H2,1-2H3,(H,18,19). The molecule has 1 aliphatic rings. The summed E-state index contributed by atoms with van der Waals surface area (Å²) in [6.07, 6.45) is 15.7. The molecule has 0 unspecified atom stereocenters. The first kappa shape index (κ1) is 15.4. The van der Waals surface area contributed by atoms with E-state index < -0.39 is 0 Å². The number of nitrogens with zero attached hydrogens (tertiary/aromatic N) is 2. The summed E-state index contributed by atoms with van der Waals surface area (Å²) in [7, 11) is 0. The van der Waals surface area contributed by atoms with Crippen molar-refractivity contribution in [2.24, 2.45) is 0 Å². The van der Waals surface area contributed by atoms with Crippen molar-refractivity contribution in [2.75, 3.05) is 11.9 Å². The number of hydrogen-bond donors (Lipinski definition) is 1. The average molecular weight is 277 g/mol. The second kappa shape index (κ2) is 8.33. The highest BCUT2D eigenvalue weighted by Crippen LogP contribution is 2.32. The maximum atomic E-state index is 4.65. The Labute approximate surface area is 124 Å². The quantitative estimate of drug-likeness (QED) is 0.638. The molecule has 0 aromatic carbocycles. The Morgan fingerprint density at radius 3 is 2.60 bits per heavy atom. The van der Waals surface area contributed by atoms with E-state index in [1.165, 1.54) is 64.2 Å². The summed E-state index contributed by atoms with van der Waals surface area (Å²) in [5.74, 6) is 1.10. The first-order valence-electron chi connectivity index (χ1n) is 8.60. The van der Waals surface area contributed by atoms with E-state index in [4.69, 9.17) is 0 Å². The van der Waals surface area contributed by atoms with Crippen molar-refractivity contribution >= 4 is 5.95 Å². The van der Waals surface area contributed by atoms with Gasteiger partial charge in [-0.1, -0.05) is 51.9 Å². The molecule has 0 saturated heterocycles. The van der Waals surface area contributed by atoms with Gasteiger partial charge in [-0.2, -0.15) is 0 Å². The Morgan fingerprint density at radius 1 is 1.15 bits per heavy atom. The van der Waals surface area contributed by atoms with Crippen LogP contribution in [0, 0.1) is 6.92 Å². The molecule has 1 aromatic rings. The Hall–Kier alpha value is -0.990. The first-order chi connectivity index (χ1) is 9.81. The fourth-order valence-corrected chi connectivity index (χ4v) is 3.21. The molecule has 20 heavy (non-hydrogen) atoms. The molecule has 114 valence electrons. The lowest BCUT2D eigenvalue weighted by Gasteiger charge is -2.15. The Morgan fingerprint density at radius 2 is 1.85 bits per heavy atom. The van der Waals surface area contributed by atoms with Crippen LogP contribution in [0.3, 0.4) is 0 Å². The molecule has 3 nitrogen and oxygen atoms in total. The largest absolute Gasteiger partial charge is 0.356 e. The van der Waals surface area contributed by atoms with E-state index in [0.29, 0.717) is 6.04 Å². The Kier molecular flexibility index (Phi) is 6.41. The smallest absolute Gasteiger partial charge is 0.203 e. The molecular formula is C17H31N3. The molecule has 1 aliphatic carbocycles. The summed E-state index contributed by atoms with van der Waals surface area (Å²) in [5.41, 5.74) is 1.14. The van der Waals surface area contributed by atoms with Gasteiger partial charge in [0, 0.05) is 18.8 Å². The van der Waals surface area contributed by atoms with Crippen LogP contribution >= 0.6 is 0 Å². The van der Waals surface area contributed by atoms with Crippen LogP contribution in [-0.2, 0) is 0 Å². The third-order valence-corrected chi connectivity index (χ3v) is 4.38. The van der Waals surface area contributed by atoms with Crippen molar-refractivity contribution in [3.8, 4) is 0 Å². The Balaban J connectivity index is 1.72. The SMILES string of the molecule is CCCCCCCCNc1nc(C)cn1C1CCCC1. The van der Waals surface area contributed by atoms with Crippen LogP contribution in [0.2, 0.25) is 0 Å². The van der Waals surface area contributed by atoms with Crippen LogP contribution in [0.5, 0.6) is 0 Å². The number of rotatable bonds is 9. The fourth-order valence-electron chi connectivity index (χ4n) is 3.21. The second-order valence-electron chi connectivity index (χ2n) is 6.25. The molecule has 0 aliphatic heterocycles. The number of anilines is 1. The van der Waals surface area contributed by atoms with E-state index in [-0.39, 0.29) is 0 Å². The van der Waals surface area contributed by atoms with Gasteiger partial charge in [-0.25, -0.2) is 4.98 Å². The van der Waals surface area contributed by atoms with Gasteiger partial charge in [0.2, 0.25) is 5.95 Å². The van der Waals surface area contributed by atoms with Crippen molar-refractivity contribution in [1.29, 1.82) is 0 Å². The van der Waals surface area contributed by atoms with Gasteiger partial charge in [-0.15, -0.1) is 0 Å². The molecule has 2 rings (SSSR count). The molecular weight excluding hydrogens is 246 g/mol. The molecule has 3 heteroatoms. The molecule has 1 saturated carbocycles. The Bertz CT molecular complexity index is 378. The molecule has 0 amide bonds. The van der Waals surface area contributed by atoms with Gasteiger partial charge in [0.15, 0.2) is 0 Å². The molecule has 1 N–H and O–H groups in total. The maximum absolute atomic E-state index is 4.65. The van der Waals surface area contributed by atoms with Gasteiger partial charge in [0.1, 0.15) is 0 Å². The van der Waals surface area contributed by atoms with Crippen molar-refractivity contribution in [3.63, 3.8) is 0 Å². The van der Waals surface area contributed by atoms with Crippen LogP contribution in [-0.4, -0.2) is 16.1 Å². The number of imidazole rings is 1. The third-order valence-electron chi connectivity index (χ3n) is 4.38. The lowest BCUT2D eigenvalue weighted by Crippen LogP contribution is -2.11. The van der Waals surface area contributed by atoms with Crippen LogP contribution in [0.25, 0.3) is 0 Å².